The van der Waals surface area contributed by atoms with Crippen molar-refractivity contribution in [3.05, 3.63) is 0 Å². The topological polar surface area (TPSA) is 67.9 Å². The molecular formula is C15H29N5O2. The Kier molecular flexibility index (Phi) is 6.60. The quantitative estimate of drug-likeness (QED) is 0.594. The lowest BCUT2D eigenvalue weighted by atomic mass is 10.1. The van der Waals surface area contributed by atoms with Crippen LogP contribution < -0.4 is 10.6 Å². The number of nitrogens with zero attached hydrogens (tertiary/aromatic N) is 3. The third kappa shape index (κ3) is 5.23. The van der Waals surface area contributed by atoms with Gasteiger partial charge in [-0.25, -0.2) is 0 Å². The summed E-state index contributed by atoms with van der Waals surface area (Å²) in [6.07, 6.45) is 0.354. The number of hydrogen-bond donors (Lipinski definition) is 2. The molecule has 7 heteroatoms. The standard InChI is InChI=1S/C15H29N5O2/c1-18(2)9-10-20-12-13(11-14(20)21)15(22)17-5-8-19-6-3-16-4-7-19/h13,16H,3-12H2,1-2H3,(H,17,22). The lowest BCUT2D eigenvalue weighted by Gasteiger charge is -2.27. The molecular weight excluding hydrogens is 282 g/mol. The minimum atomic E-state index is -0.183. The Balaban J connectivity index is 1.66. The van der Waals surface area contributed by atoms with E-state index in [9.17, 15) is 9.59 Å². The Morgan fingerprint density at radius 3 is 2.73 bits per heavy atom. The molecule has 0 aromatic rings. The van der Waals surface area contributed by atoms with Crippen LogP contribution in [0.3, 0.4) is 0 Å². The smallest absolute Gasteiger partial charge is 0.225 e. The Bertz CT molecular complexity index is 382. The first-order valence-corrected chi connectivity index (χ1v) is 8.19. The van der Waals surface area contributed by atoms with Crippen molar-refractivity contribution >= 4 is 11.8 Å². The number of likely N-dealkylation sites (tertiary alicyclic amines) is 1. The molecule has 7 nitrogen and oxygen atoms in total. The summed E-state index contributed by atoms with van der Waals surface area (Å²) >= 11 is 0. The summed E-state index contributed by atoms with van der Waals surface area (Å²) in [6, 6.07) is 0. The van der Waals surface area contributed by atoms with Gasteiger partial charge in [-0.15, -0.1) is 0 Å². The van der Waals surface area contributed by atoms with Gasteiger partial charge in [-0.3, -0.25) is 14.5 Å². The zero-order valence-corrected chi connectivity index (χ0v) is 13.8. The van der Waals surface area contributed by atoms with Crippen molar-refractivity contribution in [1.29, 1.82) is 0 Å². The molecule has 0 bridgehead atoms. The average Bonchev–Trinajstić information content (AvgIpc) is 2.87. The third-order valence-corrected chi connectivity index (χ3v) is 4.34. The van der Waals surface area contributed by atoms with Crippen LogP contribution in [0.2, 0.25) is 0 Å². The molecule has 0 aromatic carbocycles. The van der Waals surface area contributed by atoms with E-state index in [1.54, 1.807) is 4.90 Å². The average molecular weight is 311 g/mol. The van der Waals surface area contributed by atoms with Crippen molar-refractivity contribution in [2.45, 2.75) is 6.42 Å². The van der Waals surface area contributed by atoms with Crippen LogP contribution in [0.4, 0.5) is 0 Å². The molecule has 2 rings (SSSR count). The second kappa shape index (κ2) is 8.45. The van der Waals surface area contributed by atoms with E-state index in [4.69, 9.17) is 0 Å². The summed E-state index contributed by atoms with van der Waals surface area (Å²) in [7, 11) is 3.97. The summed E-state index contributed by atoms with van der Waals surface area (Å²) in [5, 5.41) is 6.30. The molecule has 22 heavy (non-hydrogen) atoms. The fourth-order valence-electron chi connectivity index (χ4n) is 2.90. The fourth-order valence-corrected chi connectivity index (χ4v) is 2.90. The van der Waals surface area contributed by atoms with E-state index >= 15 is 0 Å². The zero-order chi connectivity index (χ0) is 15.9. The van der Waals surface area contributed by atoms with Crippen LogP contribution >= 0.6 is 0 Å². The maximum absolute atomic E-state index is 12.2. The van der Waals surface area contributed by atoms with Crippen LogP contribution in [0, 0.1) is 5.92 Å². The van der Waals surface area contributed by atoms with Crippen molar-refractivity contribution in [3.8, 4) is 0 Å². The fraction of sp³-hybridized carbons (Fsp3) is 0.867. The van der Waals surface area contributed by atoms with E-state index in [0.717, 1.165) is 39.3 Å². The van der Waals surface area contributed by atoms with E-state index in [0.29, 0.717) is 26.1 Å². The predicted molar refractivity (Wildman–Crippen MR) is 85.6 cm³/mol. The molecule has 2 heterocycles. The Labute approximate surface area is 133 Å². The number of carbonyl (C=O) groups excluding carboxylic acids is 2. The maximum atomic E-state index is 12.2. The van der Waals surface area contributed by atoms with Crippen LogP contribution in [-0.4, -0.2) is 99.5 Å². The number of nitrogens with one attached hydrogen (secondary N) is 2. The first-order chi connectivity index (χ1) is 10.6. The number of hydrogen-bond acceptors (Lipinski definition) is 5. The Morgan fingerprint density at radius 2 is 2.05 bits per heavy atom. The van der Waals surface area contributed by atoms with Gasteiger partial charge in [0.05, 0.1) is 5.92 Å². The predicted octanol–water partition coefficient (Wildman–Crippen LogP) is -1.58. The molecule has 1 unspecified atom stereocenters. The zero-order valence-electron chi connectivity index (χ0n) is 13.8. The molecule has 2 N–H and O–H groups in total. The number of amides is 2. The van der Waals surface area contributed by atoms with Crippen LogP contribution in [0.25, 0.3) is 0 Å². The van der Waals surface area contributed by atoms with E-state index in [1.807, 2.05) is 19.0 Å². The highest BCUT2D eigenvalue weighted by Crippen LogP contribution is 2.17. The molecule has 0 radical (unpaired) electrons. The van der Waals surface area contributed by atoms with Crippen LogP contribution in [0.5, 0.6) is 0 Å². The molecule has 2 saturated heterocycles. The summed E-state index contributed by atoms with van der Waals surface area (Å²) in [6.45, 7) is 7.77. The summed E-state index contributed by atoms with van der Waals surface area (Å²) in [5.41, 5.74) is 0. The van der Waals surface area contributed by atoms with Crippen molar-refractivity contribution in [2.75, 3.05) is 73.0 Å². The van der Waals surface area contributed by atoms with Crippen LogP contribution in [-0.2, 0) is 9.59 Å². The SMILES string of the molecule is CN(C)CCN1CC(C(=O)NCCN2CCNCC2)CC1=O. The van der Waals surface area contributed by atoms with Gasteiger partial charge in [-0.05, 0) is 14.1 Å². The van der Waals surface area contributed by atoms with Gasteiger partial charge in [0.2, 0.25) is 11.8 Å². The van der Waals surface area contributed by atoms with Gasteiger partial charge < -0.3 is 20.4 Å². The number of piperazine rings is 1. The summed E-state index contributed by atoms with van der Waals surface area (Å²) < 4.78 is 0. The largest absolute Gasteiger partial charge is 0.355 e. The Hall–Kier alpha value is -1.18. The first-order valence-electron chi connectivity index (χ1n) is 8.19. The van der Waals surface area contributed by atoms with Gasteiger partial charge in [0.15, 0.2) is 0 Å². The van der Waals surface area contributed by atoms with E-state index < -0.39 is 0 Å². The Morgan fingerprint density at radius 1 is 1.32 bits per heavy atom. The minimum Gasteiger partial charge on any atom is -0.355 e. The summed E-state index contributed by atoms with van der Waals surface area (Å²) in [5.74, 6) is -0.0578. The number of likely N-dealkylation sites (N-methyl/N-ethyl adjacent to an activating group) is 1. The van der Waals surface area contributed by atoms with E-state index in [1.165, 1.54) is 0 Å². The van der Waals surface area contributed by atoms with Gasteiger partial charge in [-0.1, -0.05) is 0 Å². The van der Waals surface area contributed by atoms with Crippen molar-refractivity contribution in [3.63, 3.8) is 0 Å². The second-order valence-corrected chi connectivity index (χ2v) is 6.43. The van der Waals surface area contributed by atoms with E-state index in [2.05, 4.69) is 15.5 Å². The minimum absolute atomic E-state index is 0.0239. The molecule has 2 amide bonds. The molecule has 2 aliphatic rings. The van der Waals surface area contributed by atoms with Gasteiger partial charge in [0.25, 0.3) is 0 Å². The van der Waals surface area contributed by atoms with E-state index in [-0.39, 0.29) is 17.7 Å². The highest BCUT2D eigenvalue weighted by molar-refractivity contribution is 5.89. The lowest BCUT2D eigenvalue weighted by Crippen LogP contribution is -2.46. The normalized spacial score (nSPS) is 23.3. The molecule has 0 aliphatic carbocycles. The second-order valence-electron chi connectivity index (χ2n) is 6.43. The van der Waals surface area contributed by atoms with Crippen LogP contribution in [0.1, 0.15) is 6.42 Å². The van der Waals surface area contributed by atoms with Gasteiger partial charge in [-0.2, -0.15) is 0 Å². The molecule has 0 spiro atoms. The number of rotatable bonds is 7. The maximum Gasteiger partial charge on any atom is 0.225 e. The first kappa shape index (κ1) is 17.2. The van der Waals surface area contributed by atoms with Crippen LogP contribution in [0.15, 0.2) is 0 Å². The molecule has 2 aliphatic heterocycles. The molecule has 2 fully saturated rings. The lowest BCUT2D eigenvalue weighted by molar-refractivity contribution is -0.129. The van der Waals surface area contributed by atoms with Crippen molar-refractivity contribution in [1.82, 2.24) is 25.3 Å². The van der Waals surface area contributed by atoms with Gasteiger partial charge in [0.1, 0.15) is 0 Å². The number of carbonyl (C=O) groups is 2. The van der Waals surface area contributed by atoms with Gasteiger partial charge in [0, 0.05) is 65.3 Å². The van der Waals surface area contributed by atoms with Gasteiger partial charge >= 0.3 is 0 Å². The highest BCUT2D eigenvalue weighted by atomic mass is 16.2. The van der Waals surface area contributed by atoms with Crippen molar-refractivity contribution in [2.24, 2.45) is 5.92 Å². The van der Waals surface area contributed by atoms with Crippen molar-refractivity contribution < 1.29 is 9.59 Å². The third-order valence-electron chi connectivity index (χ3n) is 4.34. The highest BCUT2D eigenvalue weighted by Gasteiger charge is 2.33. The summed E-state index contributed by atoms with van der Waals surface area (Å²) in [4.78, 5) is 30.3. The molecule has 126 valence electrons. The molecule has 0 saturated carbocycles. The monoisotopic (exact) mass is 311 g/mol. The molecule has 1 atom stereocenters. The molecule has 0 aromatic heterocycles.